The minimum atomic E-state index is -1.13. The van der Waals surface area contributed by atoms with Gasteiger partial charge in [-0.3, -0.25) is 4.79 Å². The van der Waals surface area contributed by atoms with Crippen LogP contribution in [0.1, 0.15) is 6.92 Å². The number of rotatable bonds is 3. The van der Waals surface area contributed by atoms with E-state index in [1.54, 1.807) is 12.1 Å². The lowest BCUT2D eigenvalue weighted by Crippen LogP contribution is -2.13. The van der Waals surface area contributed by atoms with Crippen molar-refractivity contribution in [3.8, 4) is 0 Å². The number of hydrogen-bond donors (Lipinski definition) is 2. The fourth-order valence-electron chi connectivity index (χ4n) is 1.01. The van der Waals surface area contributed by atoms with Gasteiger partial charge in [0.05, 0.1) is 0 Å². The van der Waals surface area contributed by atoms with Crippen LogP contribution in [0.3, 0.4) is 0 Å². The van der Waals surface area contributed by atoms with Crippen LogP contribution in [0.4, 0.5) is 5.69 Å². The minimum Gasteiger partial charge on any atom is -0.478 e. The Hall–Kier alpha value is -1.37. The monoisotopic (exact) mass is 331 g/mol. The van der Waals surface area contributed by atoms with E-state index in [0.29, 0.717) is 5.69 Å². The predicted octanol–water partition coefficient (Wildman–Crippen LogP) is 2.26. The number of nitrogens with one attached hydrogen (secondary N) is 1. The molecule has 0 unspecified atom stereocenters. The molecule has 84 valence electrons. The zero-order chi connectivity index (χ0) is 12.1. The van der Waals surface area contributed by atoms with Crippen molar-refractivity contribution in [2.75, 3.05) is 5.32 Å². The first-order valence-electron chi connectivity index (χ1n) is 4.47. The van der Waals surface area contributed by atoms with Crippen molar-refractivity contribution in [3.63, 3.8) is 0 Å². The summed E-state index contributed by atoms with van der Waals surface area (Å²) in [5.41, 5.74) is 0.801. The zero-order valence-corrected chi connectivity index (χ0v) is 10.7. The summed E-state index contributed by atoms with van der Waals surface area (Å²) in [6.45, 7) is 1.45. The quantitative estimate of drug-likeness (QED) is 0.660. The second kappa shape index (κ2) is 5.64. The summed E-state index contributed by atoms with van der Waals surface area (Å²) >= 11 is 2.16. The van der Waals surface area contributed by atoms with Crippen molar-refractivity contribution in [2.24, 2.45) is 0 Å². The standard InChI is InChI=1S/C11H10INO3/c1-7(6-10(14)15)11(16)13-9-4-2-8(12)3-5-9/h2-6H,1H3,(H,13,16)(H,14,15)/b7-6+. The summed E-state index contributed by atoms with van der Waals surface area (Å²) in [6.07, 6.45) is 0.877. The summed E-state index contributed by atoms with van der Waals surface area (Å²) in [4.78, 5) is 21.8. The molecule has 16 heavy (non-hydrogen) atoms. The molecule has 0 aromatic heterocycles. The van der Waals surface area contributed by atoms with E-state index >= 15 is 0 Å². The van der Waals surface area contributed by atoms with Gasteiger partial charge in [-0.15, -0.1) is 0 Å². The van der Waals surface area contributed by atoms with Crippen molar-refractivity contribution in [2.45, 2.75) is 6.92 Å². The van der Waals surface area contributed by atoms with Gasteiger partial charge in [0, 0.05) is 20.9 Å². The summed E-state index contributed by atoms with van der Waals surface area (Å²) in [5, 5.41) is 11.1. The third kappa shape index (κ3) is 4.01. The number of carbonyl (C=O) groups is 2. The molecule has 2 N–H and O–H groups in total. The number of halogens is 1. The van der Waals surface area contributed by atoms with E-state index in [1.165, 1.54) is 6.92 Å². The van der Waals surface area contributed by atoms with Crippen LogP contribution in [0.2, 0.25) is 0 Å². The predicted molar refractivity (Wildman–Crippen MR) is 69.2 cm³/mol. The fourth-order valence-corrected chi connectivity index (χ4v) is 1.37. The Labute approximate surface area is 106 Å². The number of amides is 1. The van der Waals surface area contributed by atoms with Crippen LogP contribution in [-0.2, 0) is 9.59 Å². The SMILES string of the molecule is C/C(=C\C(=O)O)C(=O)Nc1ccc(I)cc1. The maximum atomic E-state index is 11.5. The summed E-state index contributed by atoms with van der Waals surface area (Å²) in [5.74, 6) is -1.54. The van der Waals surface area contributed by atoms with Crippen molar-refractivity contribution < 1.29 is 14.7 Å². The molecular formula is C11H10INO3. The Kier molecular flexibility index (Phi) is 4.48. The number of carbonyl (C=O) groups excluding carboxylic acids is 1. The van der Waals surface area contributed by atoms with Gasteiger partial charge in [0.2, 0.25) is 0 Å². The molecule has 0 saturated heterocycles. The molecule has 0 radical (unpaired) electrons. The molecule has 0 heterocycles. The van der Waals surface area contributed by atoms with E-state index in [2.05, 4.69) is 27.9 Å². The van der Waals surface area contributed by atoms with Gasteiger partial charge < -0.3 is 10.4 Å². The Morgan fingerprint density at radius 2 is 1.88 bits per heavy atom. The smallest absolute Gasteiger partial charge is 0.328 e. The van der Waals surface area contributed by atoms with Crippen LogP contribution >= 0.6 is 22.6 Å². The average molecular weight is 331 g/mol. The van der Waals surface area contributed by atoms with Crippen molar-refractivity contribution in [1.29, 1.82) is 0 Å². The maximum absolute atomic E-state index is 11.5. The van der Waals surface area contributed by atoms with E-state index in [1.807, 2.05) is 12.1 Å². The van der Waals surface area contributed by atoms with Gasteiger partial charge in [0.1, 0.15) is 0 Å². The van der Waals surface area contributed by atoms with Crippen molar-refractivity contribution in [3.05, 3.63) is 39.5 Å². The zero-order valence-electron chi connectivity index (χ0n) is 8.53. The lowest BCUT2D eigenvalue weighted by molar-refractivity contribution is -0.131. The molecule has 1 amide bonds. The normalized spacial score (nSPS) is 11.0. The number of benzene rings is 1. The second-order valence-electron chi connectivity index (χ2n) is 3.13. The third-order valence-corrected chi connectivity index (χ3v) is 2.52. The minimum absolute atomic E-state index is 0.158. The van der Waals surface area contributed by atoms with Crippen LogP contribution in [0, 0.1) is 3.57 Å². The lowest BCUT2D eigenvalue weighted by Gasteiger charge is -2.04. The van der Waals surface area contributed by atoms with Gasteiger partial charge in [-0.25, -0.2) is 4.79 Å². The summed E-state index contributed by atoms with van der Waals surface area (Å²) < 4.78 is 1.06. The molecule has 0 aliphatic rings. The van der Waals surface area contributed by atoms with Crippen LogP contribution in [0.15, 0.2) is 35.9 Å². The fraction of sp³-hybridized carbons (Fsp3) is 0.0909. The van der Waals surface area contributed by atoms with Gasteiger partial charge in [-0.1, -0.05) is 0 Å². The molecular weight excluding hydrogens is 321 g/mol. The highest BCUT2D eigenvalue weighted by molar-refractivity contribution is 14.1. The van der Waals surface area contributed by atoms with E-state index < -0.39 is 11.9 Å². The molecule has 0 aliphatic heterocycles. The number of hydrogen-bond acceptors (Lipinski definition) is 2. The molecule has 1 aromatic rings. The first-order chi connectivity index (χ1) is 7.49. The van der Waals surface area contributed by atoms with Crippen LogP contribution in [0.5, 0.6) is 0 Å². The largest absolute Gasteiger partial charge is 0.478 e. The molecule has 0 fully saturated rings. The lowest BCUT2D eigenvalue weighted by atomic mass is 10.2. The van der Waals surface area contributed by atoms with Crippen LogP contribution in [-0.4, -0.2) is 17.0 Å². The van der Waals surface area contributed by atoms with Crippen molar-refractivity contribution in [1.82, 2.24) is 0 Å². The Balaban J connectivity index is 2.71. The van der Waals surface area contributed by atoms with Crippen LogP contribution in [0.25, 0.3) is 0 Å². The number of carboxylic acids is 1. The number of carboxylic acid groups (broad SMARTS) is 1. The average Bonchev–Trinajstić information content (AvgIpc) is 2.20. The van der Waals surface area contributed by atoms with Gasteiger partial charge in [-0.2, -0.15) is 0 Å². The third-order valence-electron chi connectivity index (χ3n) is 1.80. The Morgan fingerprint density at radius 3 is 2.38 bits per heavy atom. The second-order valence-corrected chi connectivity index (χ2v) is 4.37. The molecule has 1 rings (SSSR count). The number of anilines is 1. The highest BCUT2D eigenvalue weighted by atomic mass is 127. The Morgan fingerprint density at radius 1 is 1.31 bits per heavy atom. The summed E-state index contributed by atoms with van der Waals surface area (Å²) in [7, 11) is 0. The first-order valence-corrected chi connectivity index (χ1v) is 5.55. The molecule has 0 saturated carbocycles. The molecule has 4 nitrogen and oxygen atoms in total. The molecule has 0 atom stereocenters. The Bertz CT molecular complexity index is 437. The van der Waals surface area contributed by atoms with Crippen molar-refractivity contribution >= 4 is 40.2 Å². The molecule has 0 aliphatic carbocycles. The van der Waals surface area contributed by atoms with E-state index in [9.17, 15) is 9.59 Å². The van der Waals surface area contributed by atoms with E-state index in [0.717, 1.165) is 9.65 Å². The first kappa shape index (κ1) is 12.7. The summed E-state index contributed by atoms with van der Waals surface area (Å²) in [6, 6.07) is 7.22. The van der Waals surface area contributed by atoms with E-state index in [4.69, 9.17) is 5.11 Å². The molecule has 0 bridgehead atoms. The molecule has 0 spiro atoms. The van der Waals surface area contributed by atoms with Gasteiger partial charge in [0.15, 0.2) is 0 Å². The maximum Gasteiger partial charge on any atom is 0.328 e. The topological polar surface area (TPSA) is 66.4 Å². The van der Waals surface area contributed by atoms with E-state index in [-0.39, 0.29) is 5.57 Å². The van der Waals surface area contributed by atoms with Gasteiger partial charge in [0.25, 0.3) is 5.91 Å². The highest BCUT2D eigenvalue weighted by Crippen LogP contribution is 2.12. The number of aliphatic carboxylic acids is 1. The molecule has 1 aromatic carbocycles. The van der Waals surface area contributed by atoms with Gasteiger partial charge in [-0.05, 0) is 53.8 Å². The van der Waals surface area contributed by atoms with Crippen LogP contribution < -0.4 is 5.32 Å². The van der Waals surface area contributed by atoms with Gasteiger partial charge >= 0.3 is 5.97 Å². The molecule has 5 heteroatoms. The highest BCUT2D eigenvalue weighted by Gasteiger charge is 2.06.